The molecule has 0 fully saturated rings. The number of quaternary nitrogens is 1. The molecule has 2 rings (SSSR count). The van der Waals surface area contributed by atoms with Gasteiger partial charge >= 0.3 is 0 Å². The number of carbonyl (C=O) groups excluding carboxylic acids is 2. The Morgan fingerprint density at radius 1 is 1.07 bits per heavy atom. The Balaban J connectivity index is 1.89. The van der Waals surface area contributed by atoms with Crippen LogP contribution in [0, 0.1) is 26.6 Å². The number of hydrogen-bond donors (Lipinski definition) is 2. The molecule has 0 aliphatic carbocycles. The first-order chi connectivity index (χ1) is 13.2. The summed E-state index contributed by atoms with van der Waals surface area (Å²) < 4.78 is 13.7. The van der Waals surface area contributed by atoms with E-state index in [2.05, 4.69) is 5.32 Å². The second kappa shape index (κ2) is 9.46. The maximum atomic E-state index is 13.7. The standard InChI is InChI=1S/C22H28FN3O2/c1-15-10-16(2)22(17(3)11-15)24-20(27)13-25(4)14-21(28)26(5)12-18-8-6-7-9-19(18)23/h6-11H,12-14H2,1-5H3,(H,24,27)/p+1. The summed E-state index contributed by atoms with van der Waals surface area (Å²) in [6.07, 6.45) is 0. The molecular formula is C22H29FN3O2+. The molecule has 0 radical (unpaired) electrons. The third-order valence-electron chi connectivity index (χ3n) is 4.65. The van der Waals surface area contributed by atoms with E-state index in [1.54, 1.807) is 32.3 Å². The molecule has 2 aromatic rings. The van der Waals surface area contributed by atoms with E-state index in [1.807, 2.05) is 32.9 Å². The summed E-state index contributed by atoms with van der Waals surface area (Å²) in [5.74, 6) is -0.612. The van der Waals surface area contributed by atoms with Crippen molar-refractivity contribution in [3.63, 3.8) is 0 Å². The number of carbonyl (C=O) groups is 2. The summed E-state index contributed by atoms with van der Waals surface area (Å²) in [6, 6.07) is 10.5. The Labute approximate surface area is 166 Å². The van der Waals surface area contributed by atoms with Crippen molar-refractivity contribution < 1.29 is 18.9 Å². The second-order valence-electron chi connectivity index (χ2n) is 7.47. The molecule has 150 valence electrons. The zero-order valence-corrected chi connectivity index (χ0v) is 17.2. The van der Waals surface area contributed by atoms with Crippen molar-refractivity contribution >= 4 is 17.5 Å². The molecule has 0 saturated carbocycles. The van der Waals surface area contributed by atoms with Gasteiger partial charge in [-0.05, 0) is 38.0 Å². The molecule has 2 N–H and O–H groups in total. The molecular weight excluding hydrogens is 357 g/mol. The van der Waals surface area contributed by atoms with Crippen LogP contribution in [-0.2, 0) is 16.1 Å². The zero-order chi connectivity index (χ0) is 20.8. The average molecular weight is 386 g/mol. The van der Waals surface area contributed by atoms with E-state index in [0.717, 1.165) is 27.3 Å². The minimum Gasteiger partial charge on any atom is -0.336 e. The molecule has 0 aliphatic rings. The van der Waals surface area contributed by atoms with Gasteiger partial charge in [0.15, 0.2) is 13.1 Å². The van der Waals surface area contributed by atoms with Crippen LogP contribution in [0.4, 0.5) is 10.1 Å². The minimum atomic E-state index is -0.328. The Hall–Kier alpha value is -2.73. The molecule has 6 heteroatoms. The SMILES string of the molecule is Cc1cc(C)c(NC(=O)C[NH+](C)CC(=O)N(C)Cc2ccccc2F)c(C)c1. The van der Waals surface area contributed by atoms with Crippen LogP contribution < -0.4 is 10.2 Å². The minimum absolute atomic E-state index is 0.142. The molecule has 5 nitrogen and oxygen atoms in total. The van der Waals surface area contributed by atoms with Gasteiger partial charge in [0.2, 0.25) is 0 Å². The number of hydrogen-bond acceptors (Lipinski definition) is 2. The number of nitrogens with zero attached hydrogens (tertiary/aromatic N) is 1. The number of nitrogens with one attached hydrogen (secondary N) is 2. The number of benzene rings is 2. The lowest BCUT2D eigenvalue weighted by Gasteiger charge is -2.20. The maximum Gasteiger partial charge on any atom is 0.279 e. The van der Waals surface area contributed by atoms with Crippen molar-refractivity contribution in [1.29, 1.82) is 0 Å². The van der Waals surface area contributed by atoms with Crippen LogP contribution in [0.2, 0.25) is 0 Å². The van der Waals surface area contributed by atoms with E-state index < -0.39 is 0 Å². The molecule has 0 spiro atoms. The summed E-state index contributed by atoms with van der Waals surface area (Å²) in [4.78, 5) is 27.0. The van der Waals surface area contributed by atoms with Gasteiger partial charge in [0.1, 0.15) is 5.82 Å². The van der Waals surface area contributed by atoms with Crippen molar-refractivity contribution in [2.45, 2.75) is 27.3 Å². The summed E-state index contributed by atoms with van der Waals surface area (Å²) in [6.45, 7) is 6.48. The lowest BCUT2D eigenvalue weighted by molar-refractivity contribution is -0.862. The highest BCUT2D eigenvalue weighted by atomic mass is 19.1. The molecule has 0 bridgehead atoms. The number of halogens is 1. The molecule has 2 aromatic carbocycles. The summed E-state index contributed by atoms with van der Waals surface area (Å²) in [5.41, 5.74) is 4.48. The summed E-state index contributed by atoms with van der Waals surface area (Å²) >= 11 is 0. The van der Waals surface area contributed by atoms with Gasteiger partial charge in [-0.15, -0.1) is 0 Å². The van der Waals surface area contributed by atoms with Crippen LogP contribution >= 0.6 is 0 Å². The highest BCUT2D eigenvalue weighted by Gasteiger charge is 2.19. The first kappa shape index (κ1) is 21.6. The molecule has 0 saturated heterocycles. The highest BCUT2D eigenvalue weighted by molar-refractivity contribution is 5.93. The van der Waals surface area contributed by atoms with Crippen molar-refractivity contribution in [2.24, 2.45) is 0 Å². The van der Waals surface area contributed by atoms with Gasteiger partial charge in [-0.25, -0.2) is 4.39 Å². The first-order valence-corrected chi connectivity index (χ1v) is 9.33. The number of anilines is 1. The Morgan fingerprint density at radius 2 is 1.68 bits per heavy atom. The average Bonchev–Trinajstić information content (AvgIpc) is 2.59. The van der Waals surface area contributed by atoms with E-state index in [-0.39, 0.29) is 37.3 Å². The number of aryl methyl sites for hydroxylation is 3. The smallest absolute Gasteiger partial charge is 0.279 e. The van der Waals surface area contributed by atoms with Gasteiger partial charge in [0.25, 0.3) is 11.8 Å². The van der Waals surface area contributed by atoms with Gasteiger partial charge in [0, 0.05) is 24.8 Å². The van der Waals surface area contributed by atoms with Crippen LogP contribution in [0.5, 0.6) is 0 Å². The van der Waals surface area contributed by atoms with Crippen molar-refractivity contribution in [3.8, 4) is 0 Å². The lowest BCUT2D eigenvalue weighted by atomic mass is 10.1. The largest absolute Gasteiger partial charge is 0.336 e. The van der Waals surface area contributed by atoms with E-state index in [4.69, 9.17) is 0 Å². The van der Waals surface area contributed by atoms with Crippen molar-refractivity contribution in [1.82, 2.24) is 4.90 Å². The van der Waals surface area contributed by atoms with Crippen LogP contribution in [0.15, 0.2) is 36.4 Å². The first-order valence-electron chi connectivity index (χ1n) is 9.33. The third kappa shape index (κ3) is 5.89. The maximum absolute atomic E-state index is 13.7. The topological polar surface area (TPSA) is 53.9 Å². The van der Waals surface area contributed by atoms with E-state index in [1.165, 1.54) is 11.0 Å². The normalized spacial score (nSPS) is 11.8. The van der Waals surface area contributed by atoms with Gasteiger partial charge in [-0.3, -0.25) is 9.59 Å². The van der Waals surface area contributed by atoms with E-state index in [0.29, 0.717) is 5.56 Å². The number of amides is 2. The molecule has 0 aromatic heterocycles. The van der Waals surface area contributed by atoms with Gasteiger partial charge in [0.05, 0.1) is 7.05 Å². The Bertz CT molecular complexity index is 844. The predicted octanol–water partition coefficient (Wildman–Crippen LogP) is 1.86. The van der Waals surface area contributed by atoms with Crippen LogP contribution in [0.25, 0.3) is 0 Å². The molecule has 1 atom stereocenters. The fourth-order valence-electron chi connectivity index (χ4n) is 3.26. The highest BCUT2D eigenvalue weighted by Crippen LogP contribution is 2.21. The quantitative estimate of drug-likeness (QED) is 0.763. The Morgan fingerprint density at radius 3 is 2.29 bits per heavy atom. The summed E-state index contributed by atoms with van der Waals surface area (Å²) in [5, 5.41) is 2.95. The number of likely N-dealkylation sites (N-methyl/N-ethyl adjacent to an activating group) is 2. The van der Waals surface area contributed by atoms with Crippen molar-refractivity contribution in [3.05, 3.63) is 64.5 Å². The van der Waals surface area contributed by atoms with E-state index >= 15 is 0 Å². The molecule has 28 heavy (non-hydrogen) atoms. The monoisotopic (exact) mass is 386 g/mol. The fraction of sp³-hybridized carbons (Fsp3) is 0.364. The van der Waals surface area contributed by atoms with Gasteiger partial charge in [-0.1, -0.05) is 35.9 Å². The molecule has 2 amide bonds. The van der Waals surface area contributed by atoms with Gasteiger partial charge < -0.3 is 15.1 Å². The van der Waals surface area contributed by atoms with Gasteiger partial charge in [-0.2, -0.15) is 0 Å². The molecule has 0 aliphatic heterocycles. The van der Waals surface area contributed by atoms with Crippen LogP contribution in [0.1, 0.15) is 22.3 Å². The summed E-state index contributed by atoms with van der Waals surface area (Å²) in [7, 11) is 3.43. The van der Waals surface area contributed by atoms with Crippen LogP contribution in [-0.4, -0.2) is 43.9 Å². The van der Waals surface area contributed by atoms with Crippen LogP contribution in [0.3, 0.4) is 0 Å². The predicted molar refractivity (Wildman–Crippen MR) is 109 cm³/mol. The van der Waals surface area contributed by atoms with Crippen molar-refractivity contribution in [2.75, 3.05) is 32.5 Å². The number of rotatable bonds is 7. The fourth-order valence-corrected chi connectivity index (χ4v) is 3.26. The third-order valence-corrected chi connectivity index (χ3v) is 4.65. The molecule has 1 unspecified atom stereocenters. The molecule has 0 heterocycles. The Kier molecular flexibility index (Phi) is 7.29. The second-order valence-corrected chi connectivity index (χ2v) is 7.47. The lowest BCUT2D eigenvalue weighted by Crippen LogP contribution is -3.11. The van der Waals surface area contributed by atoms with E-state index in [9.17, 15) is 14.0 Å². The zero-order valence-electron chi connectivity index (χ0n) is 17.2.